The predicted molar refractivity (Wildman–Crippen MR) is 89.8 cm³/mol. The van der Waals surface area contributed by atoms with Crippen LogP contribution in [-0.4, -0.2) is 15.0 Å². The van der Waals surface area contributed by atoms with Crippen LogP contribution in [0.15, 0.2) is 18.1 Å². The highest BCUT2D eigenvalue weighted by Crippen LogP contribution is 2.37. The van der Waals surface area contributed by atoms with Crippen LogP contribution in [0.25, 0.3) is 0 Å². The summed E-state index contributed by atoms with van der Waals surface area (Å²) < 4.78 is 1.98. The predicted octanol–water partition coefficient (Wildman–Crippen LogP) is 4.58. The number of nitrogens with zero attached hydrogens (tertiary/aromatic N) is 3. The van der Waals surface area contributed by atoms with E-state index in [2.05, 4.69) is 80.8 Å². The maximum atomic E-state index is 4.40. The first-order chi connectivity index (χ1) is 8.95. The van der Waals surface area contributed by atoms with Gasteiger partial charge in [0.05, 0.1) is 11.2 Å². The minimum atomic E-state index is -0.0885. The molecule has 0 N–H and O–H groups in total. The summed E-state index contributed by atoms with van der Waals surface area (Å²) in [7, 11) is 2.67. The Kier molecular flexibility index (Phi) is 5.18. The molecule has 1 rings (SSSR count). The van der Waals surface area contributed by atoms with Crippen LogP contribution in [0.1, 0.15) is 66.5 Å². The topological polar surface area (TPSA) is 30.7 Å². The Morgan fingerprint density at radius 3 is 2.30 bits per heavy atom. The normalized spacial score (nSPS) is 16.0. The van der Waals surface area contributed by atoms with Crippen molar-refractivity contribution in [1.82, 2.24) is 15.0 Å². The van der Waals surface area contributed by atoms with Crippen LogP contribution in [0.4, 0.5) is 0 Å². The van der Waals surface area contributed by atoms with Gasteiger partial charge in [-0.15, -0.1) is 14.3 Å². The molecule has 3 atom stereocenters. The molecule has 0 aromatic carbocycles. The first-order valence-electron chi connectivity index (χ1n) is 7.31. The summed E-state index contributed by atoms with van der Waals surface area (Å²) in [5, 5.41) is 9.83. The van der Waals surface area contributed by atoms with Gasteiger partial charge in [0.15, 0.2) is 0 Å². The summed E-state index contributed by atoms with van der Waals surface area (Å²) in [6, 6.07) is 0. The van der Waals surface area contributed by atoms with E-state index in [-0.39, 0.29) is 11.0 Å². The van der Waals surface area contributed by atoms with Gasteiger partial charge in [0.2, 0.25) is 0 Å². The van der Waals surface area contributed by atoms with Crippen molar-refractivity contribution in [1.29, 1.82) is 0 Å². The molecule has 0 spiro atoms. The second-order valence-corrected chi connectivity index (χ2v) is 8.50. The van der Waals surface area contributed by atoms with Crippen molar-refractivity contribution in [3.8, 4) is 0 Å². The molecule has 0 fully saturated rings. The third kappa shape index (κ3) is 4.15. The minimum Gasteiger partial charge on any atom is -0.246 e. The molecule has 3 unspecified atom stereocenters. The Balaban J connectivity index is 2.95. The molecule has 0 bridgehead atoms. The quantitative estimate of drug-likeness (QED) is 0.744. The Morgan fingerprint density at radius 1 is 1.30 bits per heavy atom. The fourth-order valence-corrected chi connectivity index (χ4v) is 2.92. The van der Waals surface area contributed by atoms with Gasteiger partial charge in [-0.25, -0.2) is 4.68 Å². The van der Waals surface area contributed by atoms with E-state index in [0.717, 1.165) is 17.4 Å². The molecule has 0 radical (unpaired) electrons. The van der Waals surface area contributed by atoms with Gasteiger partial charge in [0, 0.05) is 12.1 Å². The Morgan fingerprint density at radius 2 is 1.85 bits per heavy atom. The molecular formula is C16H30N3P. The van der Waals surface area contributed by atoms with E-state index in [0.29, 0.717) is 11.8 Å². The van der Waals surface area contributed by atoms with Gasteiger partial charge in [0.25, 0.3) is 0 Å². The standard InChI is InChI=1S/C16H30N3P/c1-11(20)9-16(7,8)19-10-14(17-18-19)12(2)13(3)15(4,5)6/h10,12-13H,1,9,20H2,2-8H3. The smallest absolute Gasteiger partial charge is 0.0858 e. The van der Waals surface area contributed by atoms with Crippen LogP contribution < -0.4 is 0 Å². The molecule has 0 saturated heterocycles. The number of hydrogen-bond acceptors (Lipinski definition) is 2. The zero-order chi connectivity index (χ0) is 15.7. The van der Waals surface area contributed by atoms with E-state index < -0.39 is 0 Å². The molecular weight excluding hydrogens is 265 g/mol. The number of allylic oxidation sites excluding steroid dienone is 1. The van der Waals surface area contributed by atoms with Crippen LogP contribution in [0.2, 0.25) is 0 Å². The minimum absolute atomic E-state index is 0.0885. The lowest BCUT2D eigenvalue weighted by Crippen LogP contribution is -2.27. The van der Waals surface area contributed by atoms with Crippen LogP contribution in [0.5, 0.6) is 0 Å². The van der Waals surface area contributed by atoms with Crippen LogP contribution >= 0.6 is 9.24 Å². The van der Waals surface area contributed by atoms with Gasteiger partial charge in [-0.1, -0.05) is 51.7 Å². The molecule has 0 aliphatic carbocycles. The monoisotopic (exact) mass is 295 g/mol. The molecule has 1 heterocycles. The fourth-order valence-electron chi connectivity index (χ4n) is 2.42. The highest BCUT2D eigenvalue weighted by atomic mass is 31.0. The summed E-state index contributed by atoms with van der Waals surface area (Å²) in [5.41, 5.74) is 1.26. The Bertz CT molecular complexity index is 468. The number of aromatic nitrogens is 3. The maximum absolute atomic E-state index is 4.40. The molecule has 3 nitrogen and oxygen atoms in total. The zero-order valence-corrected chi connectivity index (χ0v) is 15.2. The van der Waals surface area contributed by atoms with E-state index in [9.17, 15) is 0 Å². The third-order valence-electron chi connectivity index (χ3n) is 4.37. The summed E-state index contributed by atoms with van der Waals surface area (Å²) in [6.07, 6.45) is 2.98. The average Bonchev–Trinajstić information content (AvgIpc) is 2.73. The molecule has 1 aromatic heterocycles. The van der Waals surface area contributed by atoms with Crippen molar-refractivity contribution < 1.29 is 0 Å². The van der Waals surface area contributed by atoms with Gasteiger partial charge in [-0.2, -0.15) is 0 Å². The summed E-state index contributed by atoms with van der Waals surface area (Å²) >= 11 is 0. The van der Waals surface area contributed by atoms with E-state index >= 15 is 0 Å². The second kappa shape index (κ2) is 5.97. The van der Waals surface area contributed by atoms with Crippen LogP contribution in [0, 0.1) is 11.3 Å². The molecule has 1 aromatic rings. The van der Waals surface area contributed by atoms with E-state index in [4.69, 9.17) is 0 Å². The molecule has 0 aliphatic rings. The third-order valence-corrected chi connectivity index (χ3v) is 4.58. The van der Waals surface area contributed by atoms with Crippen molar-refractivity contribution in [3.63, 3.8) is 0 Å². The lowest BCUT2D eigenvalue weighted by molar-refractivity contribution is 0.226. The first-order valence-corrected chi connectivity index (χ1v) is 7.89. The lowest BCUT2D eigenvalue weighted by Gasteiger charge is -2.31. The van der Waals surface area contributed by atoms with E-state index in [1.54, 1.807) is 0 Å². The van der Waals surface area contributed by atoms with Gasteiger partial charge >= 0.3 is 0 Å². The van der Waals surface area contributed by atoms with Crippen LogP contribution in [0.3, 0.4) is 0 Å². The van der Waals surface area contributed by atoms with Crippen molar-refractivity contribution in [2.24, 2.45) is 11.3 Å². The van der Waals surface area contributed by atoms with Crippen LogP contribution in [-0.2, 0) is 5.54 Å². The Hall–Kier alpha value is -0.690. The summed E-state index contributed by atoms with van der Waals surface area (Å²) in [6.45, 7) is 19.7. The molecule has 20 heavy (non-hydrogen) atoms. The fraction of sp³-hybridized carbons (Fsp3) is 0.750. The number of hydrogen-bond donors (Lipinski definition) is 0. The van der Waals surface area contributed by atoms with E-state index in [1.807, 2.05) is 4.68 Å². The first kappa shape index (κ1) is 17.4. The van der Waals surface area contributed by atoms with Crippen molar-refractivity contribution in [2.45, 2.75) is 66.3 Å². The summed E-state index contributed by atoms with van der Waals surface area (Å²) in [5.74, 6) is 0.950. The maximum Gasteiger partial charge on any atom is 0.0858 e. The largest absolute Gasteiger partial charge is 0.246 e. The van der Waals surface area contributed by atoms with Gasteiger partial charge in [0.1, 0.15) is 0 Å². The Labute approximate surface area is 126 Å². The zero-order valence-electron chi connectivity index (χ0n) is 14.1. The van der Waals surface area contributed by atoms with Gasteiger partial charge < -0.3 is 0 Å². The summed E-state index contributed by atoms with van der Waals surface area (Å²) in [4.78, 5) is 0. The highest BCUT2D eigenvalue weighted by Gasteiger charge is 2.29. The number of rotatable bonds is 5. The van der Waals surface area contributed by atoms with E-state index in [1.165, 1.54) is 0 Å². The molecule has 0 aliphatic heterocycles. The van der Waals surface area contributed by atoms with Gasteiger partial charge in [-0.05, 0) is 31.6 Å². The second-order valence-electron chi connectivity index (χ2n) is 7.68. The average molecular weight is 295 g/mol. The lowest BCUT2D eigenvalue weighted by atomic mass is 9.74. The SMILES string of the molecule is C=C(P)CC(C)(C)n1cc(C(C)C(C)C(C)(C)C)nn1. The molecule has 0 saturated carbocycles. The van der Waals surface area contributed by atoms with Crippen molar-refractivity contribution >= 4 is 9.24 Å². The highest BCUT2D eigenvalue weighted by molar-refractivity contribution is 7.22. The van der Waals surface area contributed by atoms with Crippen molar-refractivity contribution in [3.05, 3.63) is 23.8 Å². The molecule has 114 valence electrons. The molecule has 4 heteroatoms. The van der Waals surface area contributed by atoms with Crippen molar-refractivity contribution in [2.75, 3.05) is 0 Å². The van der Waals surface area contributed by atoms with Gasteiger partial charge in [-0.3, -0.25) is 0 Å². The molecule has 0 amide bonds.